The van der Waals surface area contributed by atoms with Gasteiger partial charge in [-0.25, -0.2) is 12.7 Å². The Balaban J connectivity index is 1.96. The Morgan fingerprint density at radius 2 is 1.80 bits per heavy atom. The summed E-state index contributed by atoms with van der Waals surface area (Å²) in [6, 6.07) is 7.66. The molecule has 112 valence electrons. The second kappa shape index (κ2) is 6.70. The van der Waals surface area contributed by atoms with Crippen molar-refractivity contribution in [2.75, 3.05) is 26.8 Å². The van der Waals surface area contributed by atoms with Crippen LogP contribution in [0.2, 0.25) is 0 Å². The Labute approximate surface area is 121 Å². The molecule has 0 aliphatic carbocycles. The Morgan fingerprint density at radius 3 is 2.40 bits per heavy atom. The molecule has 0 saturated carbocycles. The predicted octanol–water partition coefficient (Wildman–Crippen LogP) is 2.18. The van der Waals surface area contributed by atoms with Crippen molar-refractivity contribution >= 4 is 10.0 Å². The topological polar surface area (TPSA) is 46.6 Å². The molecule has 0 aromatic heterocycles. The van der Waals surface area contributed by atoms with Crippen LogP contribution >= 0.6 is 0 Å². The van der Waals surface area contributed by atoms with Gasteiger partial charge in [-0.2, -0.15) is 0 Å². The molecule has 0 spiro atoms. The molecule has 0 unspecified atom stereocenters. The molecule has 1 fully saturated rings. The first-order chi connectivity index (χ1) is 9.47. The lowest BCUT2D eigenvalue weighted by atomic mass is 10.0. The highest BCUT2D eigenvalue weighted by molar-refractivity contribution is 7.88. The second-order valence-electron chi connectivity index (χ2n) is 5.58. The molecule has 1 aliphatic rings. The summed E-state index contributed by atoms with van der Waals surface area (Å²) in [5, 5.41) is 0. The molecule has 20 heavy (non-hydrogen) atoms. The lowest BCUT2D eigenvalue weighted by Gasteiger charge is -2.26. The number of hydrogen-bond donors (Lipinski definition) is 0. The van der Waals surface area contributed by atoms with Crippen LogP contribution in [0.15, 0.2) is 24.3 Å². The second-order valence-corrected chi connectivity index (χ2v) is 7.65. The molecule has 1 aromatic carbocycles. The number of sulfonamides is 1. The van der Waals surface area contributed by atoms with Crippen LogP contribution in [0.4, 0.5) is 0 Å². The van der Waals surface area contributed by atoms with E-state index in [0.717, 1.165) is 37.2 Å². The van der Waals surface area contributed by atoms with Gasteiger partial charge in [-0.05, 0) is 31.2 Å². The van der Waals surface area contributed by atoms with Gasteiger partial charge in [-0.3, -0.25) is 0 Å². The van der Waals surface area contributed by atoms with Gasteiger partial charge >= 0.3 is 0 Å². The van der Waals surface area contributed by atoms with Crippen molar-refractivity contribution in [1.29, 1.82) is 0 Å². The van der Waals surface area contributed by atoms with Gasteiger partial charge < -0.3 is 4.74 Å². The van der Waals surface area contributed by atoms with Crippen LogP contribution in [0.25, 0.3) is 0 Å². The summed E-state index contributed by atoms with van der Waals surface area (Å²) in [6.07, 6.45) is 1.90. The van der Waals surface area contributed by atoms with Gasteiger partial charge in [0.2, 0.25) is 10.0 Å². The number of nitrogens with zero attached hydrogens (tertiary/aromatic N) is 1. The van der Waals surface area contributed by atoms with E-state index in [-0.39, 0.29) is 5.75 Å². The third-order valence-electron chi connectivity index (χ3n) is 3.80. The van der Waals surface area contributed by atoms with Crippen molar-refractivity contribution < 1.29 is 13.2 Å². The van der Waals surface area contributed by atoms with E-state index in [1.54, 1.807) is 7.05 Å². The summed E-state index contributed by atoms with van der Waals surface area (Å²) in [5.41, 5.74) is 1.98. The maximum atomic E-state index is 12.4. The van der Waals surface area contributed by atoms with Crippen molar-refractivity contribution in [3.63, 3.8) is 0 Å². The molecule has 5 heteroatoms. The van der Waals surface area contributed by atoms with Crippen molar-refractivity contribution in [2.24, 2.45) is 5.92 Å². The van der Waals surface area contributed by atoms with Crippen LogP contribution < -0.4 is 0 Å². The normalized spacial score (nSPS) is 17.6. The van der Waals surface area contributed by atoms with E-state index in [4.69, 9.17) is 4.74 Å². The minimum atomic E-state index is -3.23. The van der Waals surface area contributed by atoms with Gasteiger partial charge in [0.15, 0.2) is 0 Å². The van der Waals surface area contributed by atoms with E-state index in [2.05, 4.69) is 0 Å². The minimum Gasteiger partial charge on any atom is -0.381 e. The van der Waals surface area contributed by atoms with Crippen molar-refractivity contribution in [3.8, 4) is 0 Å². The first-order valence-electron chi connectivity index (χ1n) is 7.05. The van der Waals surface area contributed by atoms with Crippen LogP contribution in [-0.2, 0) is 20.5 Å². The van der Waals surface area contributed by atoms with Gasteiger partial charge in [0.1, 0.15) is 0 Å². The number of ether oxygens (including phenoxy) is 1. The largest absolute Gasteiger partial charge is 0.381 e. The zero-order chi connectivity index (χ0) is 14.6. The third-order valence-corrected chi connectivity index (χ3v) is 5.60. The fourth-order valence-electron chi connectivity index (χ4n) is 2.41. The lowest BCUT2D eigenvalue weighted by Crippen LogP contribution is -2.34. The first kappa shape index (κ1) is 15.5. The summed E-state index contributed by atoms with van der Waals surface area (Å²) in [7, 11) is -1.55. The van der Waals surface area contributed by atoms with Crippen molar-refractivity contribution in [2.45, 2.75) is 25.5 Å². The quantitative estimate of drug-likeness (QED) is 0.837. The zero-order valence-electron chi connectivity index (χ0n) is 12.2. The minimum absolute atomic E-state index is 0.0764. The van der Waals surface area contributed by atoms with E-state index in [9.17, 15) is 8.42 Å². The van der Waals surface area contributed by atoms with Gasteiger partial charge in [0.05, 0.1) is 5.75 Å². The molecule has 0 radical (unpaired) electrons. The van der Waals surface area contributed by atoms with Gasteiger partial charge in [-0.1, -0.05) is 29.8 Å². The average Bonchev–Trinajstić information content (AvgIpc) is 2.42. The summed E-state index contributed by atoms with van der Waals surface area (Å²) in [5.74, 6) is 0.494. The van der Waals surface area contributed by atoms with Gasteiger partial charge in [0, 0.05) is 26.8 Å². The van der Waals surface area contributed by atoms with Crippen LogP contribution in [0, 0.1) is 12.8 Å². The highest BCUT2D eigenvalue weighted by atomic mass is 32.2. The SMILES string of the molecule is Cc1ccc(CS(=O)(=O)N(C)CC2CCOCC2)cc1. The number of rotatable bonds is 5. The van der Waals surface area contributed by atoms with Crippen LogP contribution in [0.3, 0.4) is 0 Å². The fourth-order valence-corrected chi connectivity index (χ4v) is 3.68. The van der Waals surface area contributed by atoms with E-state index in [1.165, 1.54) is 4.31 Å². The summed E-state index contributed by atoms with van der Waals surface area (Å²) >= 11 is 0. The van der Waals surface area contributed by atoms with Gasteiger partial charge in [-0.15, -0.1) is 0 Å². The molecule has 1 heterocycles. The molecular weight excluding hydrogens is 274 g/mol. The average molecular weight is 297 g/mol. The van der Waals surface area contributed by atoms with Crippen molar-refractivity contribution in [1.82, 2.24) is 4.31 Å². The van der Waals surface area contributed by atoms with Crippen LogP contribution in [0.1, 0.15) is 24.0 Å². The highest BCUT2D eigenvalue weighted by Crippen LogP contribution is 2.18. The summed E-state index contributed by atoms with van der Waals surface area (Å²) < 4.78 is 31.5. The molecule has 0 N–H and O–H groups in total. The summed E-state index contributed by atoms with van der Waals surface area (Å²) in [4.78, 5) is 0. The predicted molar refractivity (Wildman–Crippen MR) is 80.0 cm³/mol. The molecule has 2 rings (SSSR count). The molecule has 0 amide bonds. The molecule has 0 atom stereocenters. The standard InChI is InChI=1S/C15H23NO3S/c1-13-3-5-15(6-4-13)12-20(17,18)16(2)11-14-7-9-19-10-8-14/h3-6,14H,7-12H2,1-2H3. The van der Waals surface area contributed by atoms with Crippen LogP contribution in [0.5, 0.6) is 0 Å². The Kier molecular flexibility index (Phi) is 5.18. The van der Waals surface area contributed by atoms with Crippen molar-refractivity contribution in [3.05, 3.63) is 35.4 Å². The Hall–Kier alpha value is -0.910. The van der Waals surface area contributed by atoms with E-state index in [0.29, 0.717) is 12.5 Å². The zero-order valence-corrected chi connectivity index (χ0v) is 13.0. The maximum Gasteiger partial charge on any atom is 0.218 e. The number of hydrogen-bond acceptors (Lipinski definition) is 3. The van der Waals surface area contributed by atoms with Gasteiger partial charge in [0.25, 0.3) is 0 Å². The maximum absolute atomic E-state index is 12.4. The molecule has 4 nitrogen and oxygen atoms in total. The summed E-state index contributed by atoms with van der Waals surface area (Å²) in [6.45, 7) is 4.08. The number of aryl methyl sites for hydroxylation is 1. The third kappa shape index (κ3) is 4.30. The Morgan fingerprint density at radius 1 is 1.20 bits per heavy atom. The number of benzene rings is 1. The first-order valence-corrected chi connectivity index (χ1v) is 8.65. The molecule has 1 aromatic rings. The molecule has 0 bridgehead atoms. The van der Waals surface area contributed by atoms with E-state index in [1.807, 2.05) is 31.2 Å². The fraction of sp³-hybridized carbons (Fsp3) is 0.600. The van der Waals surface area contributed by atoms with Crippen LogP contribution in [-0.4, -0.2) is 39.5 Å². The monoisotopic (exact) mass is 297 g/mol. The Bertz CT molecular complexity index is 519. The molecule has 1 saturated heterocycles. The molecule has 1 aliphatic heterocycles. The lowest BCUT2D eigenvalue weighted by molar-refractivity contribution is 0.0620. The molecular formula is C15H23NO3S. The highest BCUT2D eigenvalue weighted by Gasteiger charge is 2.23. The van der Waals surface area contributed by atoms with E-state index >= 15 is 0 Å². The van der Waals surface area contributed by atoms with E-state index < -0.39 is 10.0 Å². The smallest absolute Gasteiger partial charge is 0.218 e.